The quantitative estimate of drug-likeness (QED) is 0.584. The van der Waals surface area contributed by atoms with Crippen molar-refractivity contribution in [3.8, 4) is 0 Å². The molecule has 4 heteroatoms. The average molecular weight is 235 g/mol. The van der Waals surface area contributed by atoms with E-state index < -0.39 is 0 Å². The number of amidine groups is 1. The van der Waals surface area contributed by atoms with E-state index in [1.807, 2.05) is 31.3 Å². The van der Waals surface area contributed by atoms with E-state index in [0.717, 1.165) is 24.3 Å². The number of hydrogen-bond donors (Lipinski definition) is 2. The summed E-state index contributed by atoms with van der Waals surface area (Å²) in [5, 5.41) is 7.58. The van der Waals surface area contributed by atoms with Crippen LogP contribution < -0.4 is 10.6 Å². The van der Waals surface area contributed by atoms with Gasteiger partial charge in [-0.05, 0) is 25.5 Å². The number of para-hydroxylation sites is 1. The van der Waals surface area contributed by atoms with Gasteiger partial charge in [-0.15, -0.1) is 0 Å². The van der Waals surface area contributed by atoms with E-state index in [2.05, 4.69) is 11.8 Å². The lowest BCUT2D eigenvalue weighted by atomic mass is 10.1. The normalized spacial score (nSPS) is 12.2. The smallest absolute Gasteiger partial charge is 0.124 e. The molecule has 0 radical (unpaired) electrons. The highest BCUT2D eigenvalue weighted by atomic mass is 16.5. The molecule has 0 bridgehead atoms. The number of nitrogens with two attached hydrogens (primary N) is 1. The minimum absolute atomic E-state index is 0.103. The van der Waals surface area contributed by atoms with Crippen molar-refractivity contribution in [1.82, 2.24) is 0 Å². The number of hydrogen-bond acceptors (Lipinski definition) is 3. The predicted octanol–water partition coefficient (Wildman–Crippen LogP) is 1.83. The minimum atomic E-state index is 0.103. The van der Waals surface area contributed by atoms with Gasteiger partial charge in [0.2, 0.25) is 0 Å². The Labute approximate surface area is 103 Å². The molecule has 0 fully saturated rings. The van der Waals surface area contributed by atoms with Crippen LogP contribution in [0, 0.1) is 5.41 Å². The van der Waals surface area contributed by atoms with E-state index in [0.29, 0.717) is 6.04 Å². The fourth-order valence-corrected chi connectivity index (χ4v) is 1.73. The summed E-state index contributed by atoms with van der Waals surface area (Å²) in [5.41, 5.74) is 7.35. The number of nitrogens with zero attached hydrogens (tertiary/aromatic N) is 1. The number of anilines is 1. The number of rotatable bonds is 6. The van der Waals surface area contributed by atoms with Gasteiger partial charge in [0.15, 0.2) is 0 Å². The van der Waals surface area contributed by atoms with Crippen molar-refractivity contribution in [3.05, 3.63) is 29.8 Å². The standard InChI is InChI=1S/C13H21N3O/c1-10(8-9-17-3)16(2)12-7-5-4-6-11(12)13(14)15/h4-7,10H,8-9H2,1-3H3,(H3,14,15). The molecule has 0 amide bonds. The van der Waals surface area contributed by atoms with Gasteiger partial charge in [0.25, 0.3) is 0 Å². The van der Waals surface area contributed by atoms with E-state index in [-0.39, 0.29) is 5.84 Å². The van der Waals surface area contributed by atoms with Crippen LogP contribution in [0.25, 0.3) is 0 Å². The molecule has 1 aromatic carbocycles. The van der Waals surface area contributed by atoms with E-state index in [4.69, 9.17) is 15.9 Å². The Morgan fingerprint density at radius 1 is 1.47 bits per heavy atom. The third kappa shape index (κ3) is 3.46. The summed E-state index contributed by atoms with van der Waals surface area (Å²) in [4.78, 5) is 2.13. The van der Waals surface area contributed by atoms with Crippen LogP contribution >= 0.6 is 0 Å². The van der Waals surface area contributed by atoms with Crippen LogP contribution in [0.5, 0.6) is 0 Å². The van der Waals surface area contributed by atoms with Crippen molar-refractivity contribution in [2.45, 2.75) is 19.4 Å². The third-order valence-electron chi connectivity index (χ3n) is 2.98. The predicted molar refractivity (Wildman–Crippen MR) is 71.8 cm³/mol. The van der Waals surface area contributed by atoms with Gasteiger partial charge in [-0.25, -0.2) is 0 Å². The second kappa shape index (κ2) is 6.25. The molecular formula is C13H21N3O. The molecule has 0 aliphatic heterocycles. The largest absolute Gasteiger partial charge is 0.385 e. The first-order valence-corrected chi connectivity index (χ1v) is 5.73. The van der Waals surface area contributed by atoms with Crippen molar-refractivity contribution >= 4 is 11.5 Å². The average Bonchev–Trinajstić information content (AvgIpc) is 2.34. The lowest BCUT2D eigenvalue weighted by Gasteiger charge is -2.28. The first kappa shape index (κ1) is 13.5. The SMILES string of the molecule is COCCC(C)N(C)c1ccccc1C(=N)N. The molecule has 0 saturated heterocycles. The van der Waals surface area contributed by atoms with Crippen LogP contribution in [0.4, 0.5) is 5.69 Å². The Kier molecular flexibility index (Phi) is 4.97. The molecule has 0 aromatic heterocycles. The van der Waals surface area contributed by atoms with Crippen molar-refractivity contribution in [2.24, 2.45) is 5.73 Å². The lowest BCUT2D eigenvalue weighted by molar-refractivity contribution is 0.189. The number of benzene rings is 1. The number of nitrogen functional groups attached to an aromatic ring is 1. The first-order valence-electron chi connectivity index (χ1n) is 5.73. The Bertz CT molecular complexity index is 379. The van der Waals surface area contributed by atoms with Crippen LogP contribution in [-0.4, -0.2) is 32.6 Å². The zero-order valence-electron chi connectivity index (χ0n) is 10.7. The molecule has 3 N–H and O–H groups in total. The van der Waals surface area contributed by atoms with Gasteiger partial charge in [0.1, 0.15) is 5.84 Å². The van der Waals surface area contributed by atoms with E-state index in [9.17, 15) is 0 Å². The highest BCUT2D eigenvalue weighted by molar-refractivity contribution is 6.00. The van der Waals surface area contributed by atoms with E-state index in [1.54, 1.807) is 7.11 Å². The van der Waals surface area contributed by atoms with Gasteiger partial charge < -0.3 is 15.4 Å². The number of nitrogens with one attached hydrogen (secondary N) is 1. The summed E-state index contributed by atoms with van der Waals surface area (Å²) in [6.07, 6.45) is 0.944. The zero-order valence-corrected chi connectivity index (χ0v) is 10.7. The molecule has 94 valence electrons. The fraction of sp³-hybridized carbons (Fsp3) is 0.462. The van der Waals surface area contributed by atoms with Crippen molar-refractivity contribution in [3.63, 3.8) is 0 Å². The molecule has 17 heavy (non-hydrogen) atoms. The molecule has 0 heterocycles. The number of methoxy groups -OCH3 is 1. The highest BCUT2D eigenvalue weighted by Gasteiger charge is 2.14. The van der Waals surface area contributed by atoms with Crippen molar-refractivity contribution in [2.75, 3.05) is 25.7 Å². The summed E-state index contributed by atoms with van der Waals surface area (Å²) < 4.78 is 5.08. The van der Waals surface area contributed by atoms with Gasteiger partial charge in [-0.2, -0.15) is 0 Å². The molecule has 1 atom stereocenters. The Morgan fingerprint density at radius 2 is 2.12 bits per heavy atom. The summed E-state index contributed by atoms with van der Waals surface area (Å²) in [6, 6.07) is 8.06. The van der Waals surface area contributed by atoms with Gasteiger partial charge >= 0.3 is 0 Å². The maximum atomic E-state index is 7.58. The van der Waals surface area contributed by atoms with Crippen LogP contribution in [0.3, 0.4) is 0 Å². The van der Waals surface area contributed by atoms with Crippen LogP contribution in [0.2, 0.25) is 0 Å². The Balaban J connectivity index is 2.87. The monoisotopic (exact) mass is 235 g/mol. The lowest BCUT2D eigenvalue weighted by Crippen LogP contribution is -2.31. The maximum Gasteiger partial charge on any atom is 0.124 e. The molecule has 0 aliphatic rings. The highest BCUT2D eigenvalue weighted by Crippen LogP contribution is 2.21. The summed E-state index contributed by atoms with van der Waals surface area (Å²) >= 11 is 0. The molecule has 4 nitrogen and oxygen atoms in total. The van der Waals surface area contributed by atoms with Gasteiger partial charge in [-0.3, -0.25) is 5.41 Å². The van der Waals surface area contributed by atoms with Crippen molar-refractivity contribution in [1.29, 1.82) is 5.41 Å². The molecule has 1 rings (SSSR count). The van der Waals surface area contributed by atoms with Crippen molar-refractivity contribution < 1.29 is 4.74 Å². The summed E-state index contributed by atoms with van der Waals surface area (Å²) in [6.45, 7) is 2.86. The Hall–Kier alpha value is -1.55. The van der Waals surface area contributed by atoms with Gasteiger partial charge in [0.05, 0.1) is 0 Å². The van der Waals surface area contributed by atoms with Crippen LogP contribution in [0.15, 0.2) is 24.3 Å². The first-order chi connectivity index (χ1) is 8.07. The summed E-state index contributed by atoms with van der Waals surface area (Å²) in [5.74, 6) is 0.103. The van der Waals surface area contributed by atoms with Crippen LogP contribution in [0.1, 0.15) is 18.9 Å². The molecule has 0 saturated carbocycles. The van der Waals surface area contributed by atoms with Crippen LogP contribution in [-0.2, 0) is 4.74 Å². The van der Waals surface area contributed by atoms with Gasteiger partial charge in [-0.1, -0.05) is 12.1 Å². The Morgan fingerprint density at radius 3 is 2.71 bits per heavy atom. The van der Waals surface area contributed by atoms with E-state index in [1.165, 1.54) is 0 Å². The topological polar surface area (TPSA) is 62.3 Å². The minimum Gasteiger partial charge on any atom is -0.385 e. The second-order valence-electron chi connectivity index (χ2n) is 4.17. The molecule has 0 spiro atoms. The number of ether oxygens (including phenoxy) is 1. The fourth-order valence-electron chi connectivity index (χ4n) is 1.73. The van der Waals surface area contributed by atoms with E-state index >= 15 is 0 Å². The maximum absolute atomic E-state index is 7.58. The second-order valence-corrected chi connectivity index (χ2v) is 4.17. The summed E-state index contributed by atoms with van der Waals surface area (Å²) in [7, 11) is 3.72. The molecule has 1 aromatic rings. The molecular weight excluding hydrogens is 214 g/mol. The molecule has 0 aliphatic carbocycles. The molecule has 1 unspecified atom stereocenters. The van der Waals surface area contributed by atoms with Gasteiger partial charge in [0, 0.05) is 38.1 Å². The third-order valence-corrected chi connectivity index (χ3v) is 2.98. The zero-order chi connectivity index (χ0) is 12.8.